The van der Waals surface area contributed by atoms with Gasteiger partial charge in [0.1, 0.15) is 11.4 Å². The molecule has 0 amide bonds. The van der Waals surface area contributed by atoms with E-state index in [1.807, 2.05) is 18.2 Å². The second-order valence-electron chi connectivity index (χ2n) is 6.67. The zero-order valence-electron chi connectivity index (χ0n) is 14.4. The van der Waals surface area contributed by atoms with Crippen LogP contribution >= 0.6 is 0 Å². The largest absolute Gasteiger partial charge is 0.493 e. The highest BCUT2D eigenvalue weighted by Crippen LogP contribution is 2.36. The van der Waals surface area contributed by atoms with Crippen LogP contribution < -0.4 is 9.46 Å². The van der Waals surface area contributed by atoms with Crippen LogP contribution in [0.5, 0.6) is 5.75 Å². The first kappa shape index (κ1) is 17.9. The molecule has 2 aromatic carbocycles. The zero-order valence-corrected chi connectivity index (χ0v) is 15.2. The Hall–Kier alpha value is -1.89. The van der Waals surface area contributed by atoms with Crippen LogP contribution in [0, 0.1) is 0 Å². The SMILES string of the molecule is CC(C)c1ccc(S(=O)(=O)NCC2(O)CCOc3ccccc32)cc1. The predicted octanol–water partition coefficient (Wildman–Crippen LogP) is 2.76. The molecule has 2 aromatic rings. The highest BCUT2D eigenvalue weighted by molar-refractivity contribution is 7.89. The van der Waals surface area contributed by atoms with Gasteiger partial charge in [-0.15, -0.1) is 0 Å². The minimum atomic E-state index is -3.69. The average Bonchev–Trinajstić information content (AvgIpc) is 2.61. The van der Waals surface area contributed by atoms with E-state index in [-0.39, 0.29) is 11.4 Å². The fourth-order valence-electron chi connectivity index (χ4n) is 2.95. The van der Waals surface area contributed by atoms with Gasteiger partial charge in [0.15, 0.2) is 0 Å². The number of nitrogens with one attached hydrogen (secondary N) is 1. The van der Waals surface area contributed by atoms with E-state index in [1.54, 1.807) is 30.3 Å². The maximum Gasteiger partial charge on any atom is 0.240 e. The molecule has 5 nitrogen and oxygen atoms in total. The molecule has 1 aliphatic heterocycles. The molecule has 3 rings (SSSR count). The molecule has 1 aliphatic rings. The number of benzene rings is 2. The van der Waals surface area contributed by atoms with Crippen molar-refractivity contribution in [2.75, 3.05) is 13.2 Å². The number of aliphatic hydroxyl groups is 1. The Balaban J connectivity index is 1.78. The molecule has 0 aromatic heterocycles. The standard InChI is InChI=1S/C19H23NO4S/c1-14(2)15-7-9-16(10-8-15)25(22,23)20-13-19(21)11-12-24-18-6-4-3-5-17(18)19/h3-10,14,20-21H,11-13H2,1-2H3. The molecule has 1 atom stereocenters. The lowest BCUT2D eigenvalue weighted by Crippen LogP contribution is -2.43. The van der Waals surface area contributed by atoms with Gasteiger partial charge in [0.2, 0.25) is 10.0 Å². The molecule has 0 aliphatic carbocycles. The Bertz CT molecular complexity index is 846. The van der Waals surface area contributed by atoms with Gasteiger partial charge in [0.25, 0.3) is 0 Å². The van der Waals surface area contributed by atoms with Crippen LogP contribution in [0.4, 0.5) is 0 Å². The molecule has 25 heavy (non-hydrogen) atoms. The van der Waals surface area contributed by atoms with Crippen LogP contribution in [0.25, 0.3) is 0 Å². The minimum absolute atomic E-state index is 0.0956. The molecule has 0 saturated carbocycles. The quantitative estimate of drug-likeness (QED) is 0.859. The number of hydrogen-bond donors (Lipinski definition) is 2. The molecule has 0 bridgehead atoms. The molecule has 134 valence electrons. The van der Waals surface area contributed by atoms with Gasteiger partial charge < -0.3 is 9.84 Å². The molecule has 0 fully saturated rings. The number of para-hydroxylation sites is 1. The Morgan fingerprint density at radius 1 is 1.16 bits per heavy atom. The lowest BCUT2D eigenvalue weighted by atomic mass is 9.88. The van der Waals surface area contributed by atoms with Gasteiger partial charge in [-0.05, 0) is 29.7 Å². The topological polar surface area (TPSA) is 75.6 Å². The predicted molar refractivity (Wildman–Crippen MR) is 96.2 cm³/mol. The van der Waals surface area contributed by atoms with E-state index in [2.05, 4.69) is 18.6 Å². The van der Waals surface area contributed by atoms with Crippen molar-refractivity contribution in [2.45, 2.75) is 36.7 Å². The van der Waals surface area contributed by atoms with Crippen molar-refractivity contribution in [1.29, 1.82) is 0 Å². The first-order valence-electron chi connectivity index (χ1n) is 8.36. The molecule has 6 heteroatoms. The first-order chi connectivity index (χ1) is 11.8. The lowest BCUT2D eigenvalue weighted by Gasteiger charge is -2.34. The Labute approximate surface area is 148 Å². The number of hydrogen-bond acceptors (Lipinski definition) is 4. The monoisotopic (exact) mass is 361 g/mol. The van der Waals surface area contributed by atoms with Crippen molar-refractivity contribution in [3.05, 3.63) is 59.7 Å². The van der Waals surface area contributed by atoms with Crippen molar-refractivity contribution in [3.63, 3.8) is 0 Å². The highest BCUT2D eigenvalue weighted by atomic mass is 32.2. The van der Waals surface area contributed by atoms with Gasteiger partial charge in [-0.2, -0.15) is 0 Å². The number of fused-ring (bicyclic) bond motifs is 1. The minimum Gasteiger partial charge on any atom is -0.493 e. The molecule has 1 heterocycles. The Morgan fingerprint density at radius 2 is 1.84 bits per heavy atom. The van der Waals surface area contributed by atoms with Crippen molar-refractivity contribution in [2.24, 2.45) is 0 Å². The maximum atomic E-state index is 12.6. The van der Waals surface area contributed by atoms with Crippen molar-refractivity contribution in [3.8, 4) is 5.75 Å². The van der Waals surface area contributed by atoms with E-state index >= 15 is 0 Å². The van der Waals surface area contributed by atoms with Crippen LogP contribution in [0.15, 0.2) is 53.4 Å². The molecule has 0 spiro atoms. The summed E-state index contributed by atoms with van der Waals surface area (Å²) < 4.78 is 33.2. The van der Waals surface area contributed by atoms with Crippen LogP contribution in [0.3, 0.4) is 0 Å². The maximum absolute atomic E-state index is 12.6. The van der Waals surface area contributed by atoms with E-state index in [9.17, 15) is 13.5 Å². The molecular weight excluding hydrogens is 338 g/mol. The van der Waals surface area contributed by atoms with Crippen LogP contribution in [-0.2, 0) is 15.6 Å². The number of sulfonamides is 1. The van der Waals surface area contributed by atoms with Crippen LogP contribution in [0.2, 0.25) is 0 Å². The van der Waals surface area contributed by atoms with E-state index in [0.29, 0.717) is 30.3 Å². The summed E-state index contributed by atoms with van der Waals surface area (Å²) in [5.41, 5.74) is 0.412. The van der Waals surface area contributed by atoms with Gasteiger partial charge in [-0.1, -0.05) is 44.2 Å². The van der Waals surface area contributed by atoms with Gasteiger partial charge in [0.05, 0.1) is 11.5 Å². The first-order valence-corrected chi connectivity index (χ1v) is 9.84. The second kappa shape index (κ2) is 6.78. The van der Waals surface area contributed by atoms with Gasteiger partial charge in [-0.25, -0.2) is 13.1 Å². The Kier molecular flexibility index (Phi) is 4.86. The van der Waals surface area contributed by atoms with E-state index in [4.69, 9.17) is 4.74 Å². The number of ether oxygens (including phenoxy) is 1. The summed E-state index contributed by atoms with van der Waals surface area (Å²) in [7, 11) is -3.69. The van der Waals surface area contributed by atoms with Gasteiger partial charge in [0, 0.05) is 18.5 Å². The van der Waals surface area contributed by atoms with Crippen molar-refractivity contribution >= 4 is 10.0 Å². The van der Waals surface area contributed by atoms with Crippen LogP contribution in [-0.4, -0.2) is 26.7 Å². The third kappa shape index (κ3) is 3.71. The molecule has 0 radical (unpaired) electrons. The van der Waals surface area contributed by atoms with Crippen molar-refractivity contribution < 1.29 is 18.3 Å². The lowest BCUT2D eigenvalue weighted by molar-refractivity contribution is 0.00219. The van der Waals surface area contributed by atoms with E-state index < -0.39 is 15.6 Å². The van der Waals surface area contributed by atoms with E-state index in [0.717, 1.165) is 5.56 Å². The van der Waals surface area contributed by atoms with E-state index in [1.165, 1.54) is 0 Å². The molecular formula is C19H23NO4S. The van der Waals surface area contributed by atoms with Gasteiger partial charge >= 0.3 is 0 Å². The third-order valence-electron chi connectivity index (χ3n) is 4.57. The summed E-state index contributed by atoms with van der Waals surface area (Å²) in [6.45, 7) is 4.36. The highest BCUT2D eigenvalue weighted by Gasteiger charge is 2.36. The molecule has 1 unspecified atom stereocenters. The third-order valence-corrected chi connectivity index (χ3v) is 5.99. The summed E-state index contributed by atoms with van der Waals surface area (Å²) in [4.78, 5) is 0.195. The van der Waals surface area contributed by atoms with Crippen LogP contribution in [0.1, 0.15) is 37.3 Å². The molecule has 2 N–H and O–H groups in total. The smallest absolute Gasteiger partial charge is 0.240 e. The summed E-state index contributed by atoms with van der Waals surface area (Å²) in [6.07, 6.45) is 0.332. The van der Waals surface area contributed by atoms with Gasteiger partial charge in [-0.3, -0.25) is 0 Å². The Morgan fingerprint density at radius 3 is 2.52 bits per heavy atom. The fraction of sp³-hybridized carbons (Fsp3) is 0.368. The average molecular weight is 361 g/mol. The van der Waals surface area contributed by atoms with Crippen molar-refractivity contribution in [1.82, 2.24) is 4.72 Å². The zero-order chi connectivity index (χ0) is 18.1. The normalized spacial score (nSPS) is 20.2. The molecule has 0 saturated heterocycles. The fourth-order valence-corrected chi connectivity index (χ4v) is 4.04. The number of rotatable bonds is 5. The summed E-state index contributed by atoms with van der Waals surface area (Å²) in [5.74, 6) is 0.931. The summed E-state index contributed by atoms with van der Waals surface area (Å²) in [6, 6.07) is 14.0. The second-order valence-corrected chi connectivity index (χ2v) is 8.44. The summed E-state index contributed by atoms with van der Waals surface area (Å²) in [5, 5.41) is 10.9. The summed E-state index contributed by atoms with van der Waals surface area (Å²) >= 11 is 0.